The number of aromatic amines is 1. The normalized spacial score (nSPS) is 15.0. The summed E-state index contributed by atoms with van der Waals surface area (Å²) in [5.41, 5.74) is 6.12. The van der Waals surface area contributed by atoms with Crippen LogP contribution in [-0.2, 0) is 4.79 Å². The fourth-order valence-corrected chi connectivity index (χ4v) is 2.55. The molecule has 1 saturated carbocycles. The second-order valence-electron chi connectivity index (χ2n) is 6.40. The van der Waals surface area contributed by atoms with Crippen LogP contribution >= 0.6 is 24.8 Å². The lowest BCUT2D eigenvalue weighted by Gasteiger charge is -2.35. The highest BCUT2D eigenvalue weighted by atomic mass is 35.5. The van der Waals surface area contributed by atoms with Gasteiger partial charge < -0.3 is 20.7 Å². The zero-order valence-electron chi connectivity index (χ0n) is 14.4. The van der Waals surface area contributed by atoms with Crippen molar-refractivity contribution in [2.24, 2.45) is 5.73 Å². The number of nitrogens with zero attached hydrogens (tertiary/aromatic N) is 2. The van der Waals surface area contributed by atoms with Crippen LogP contribution in [0.25, 0.3) is 10.9 Å². The third-order valence-electron chi connectivity index (χ3n) is 4.27. The topological polar surface area (TPSA) is 96.3 Å². The zero-order valence-corrected chi connectivity index (χ0v) is 16.0. The number of H-pyrrole nitrogens is 1. The van der Waals surface area contributed by atoms with Gasteiger partial charge in [0.2, 0.25) is 5.91 Å². The van der Waals surface area contributed by atoms with E-state index in [1.807, 2.05) is 32.3 Å². The Kier molecular flexibility index (Phi) is 7.49. The summed E-state index contributed by atoms with van der Waals surface area (Å²) >= 11 is 0. The molecule has 0 saturated heterocycles. The third kappa shape index (κ3) is 4.76. The van der Waals surface area contributed by atoms with E-state index in [9.17, 15) is 4.79 Å². The molecule has 140 valence electrons. The average Bonchev–Trinajstić information content (AvgIpc) is 2.87. The Labute approximate surface area is 159 Å². The van der Waals surface area contributed by atoms with Gasteiger partial charge in [-0.15, -0.1) is 24.8 Å². The Morgan fingerprint density at radius 3 is 2.72 bits per heavy atom. The van der Waals surface area contributed by atoms with Gasteiger partial charge >= 0.3 is 0 Å². The van der Waals surface area contributed by atoms with Crippen molar-refractivity contribution in [1.29, 1.82) is 0 Å². The second kappa shape index (κ2) is 8.71. The molecule has 1 fully saturated rings. The van der Waals surface area contributed by atoms with Crippen LogP contribution in [0.15, 0.2) is 18.2 Å². The SMILES string of the molecule is CN(C)CCOc1ccc2c(NC(=O)C3(N)CCC3)n[nH]c2c1.Cl.Cl. The summed E-state index contributed by atoms with van der Waals surface area (Å²) in [5, 5.41) is 10.8. The first-order valence-electron chi connectivity index (χ1n) is 7.84. The molecule has 25 heavy (non-hydrogen) atoms. The van der Waals surface area contributed by atoms with Gasteiger partial charge in [0.25, 0.3) is 0 Å². The molecule has 2 aromatic rings. The van der Waals surface area contributed by atoms with Crippen molar-refractivity contribution in [3.63, 3.8) is 0 Å². The van der Waals surface area contributed by atoms with Gasteiger partial charge in [-0.25, -0.2) is 0 Å². The van der Waals surface area contributed by atoms with E-state index in [2.05, 4.69) is 20.4 Å². The molecule has 0 atom stereocenters. The van der Waals surface area contributed by atoms with E-state index in [0.717, 1.165) is 42.5 Å². The van der Waals surface area contributed by atoms with Gasteiger partial charge in [-0.1, -0.05) is 0 Å². The van der Waals surface area contributed by atoms with E-state index in [1.54, 1.807) is 0 Å². The number of fused-ring (bicyclic) bond motifs is 1. The average molecular weight is 390 g/mol. The van der Waals surface area contributed by atoms with Crippen molar-refractivity contribution < 1.29 is 9.53 Å². The van der Waals surface area contributed by atoms with Gasteiger partial charge in [0.05, 0.1) is 11.1 Å². The van der Waals surface area contributed by atoms with E-state index in [-0.39, 0.29) is 30.7 Å². The highest BCUT2D eigenvalue weighted by Crippen LogP contribution is 2.31. The van der Waals surface area contributed by atoms with Crippen molar-refractivity contribution in [3.8, 4) is 5.75 Å². The van der Waals surface area contributed by atoms with Crippen LogP contribution in [-0.4, -0.2) is 53.8 Å². The number of carbonyl (C=O) groups excluding carboxylic acids is 1. The summed E-state index contributed by atoms with van der Waals surface area (Å²) in [5.74, 6) is 1.13. The van der Waals surface area contributed by atoms with Crippen molar-refractivity contribution >= 4 is 47.4 Å². The molecule has 1 aromatic heterocycles. The number of nitrogens with one attached hydrogen (secondary N) is 2. The van der Waals surface area contributed by atoms with Crippen LogP contribution in [0, 0.1) is 0 Å². The Balaban J connectivity index is 0.00000156. The lowest BCUT2D eigenvalue weighted by molar-refractivity contribution is -0.123. The number of carbonyl (C=O) groups is 1. The molecule has 1 aliphatic rings. The first kappa shape index (κ1) is 21.5. The van der Waals surface area contributed by atoms with E-state index in [0.29, 0.717) is 12.4 Å². The van der Waals surface area contributed by atoms with Crippen LogP contribution in [0.5, 0.6) is 5.75 Å². The molecule has 0 bridgehead atoms. The number of benzene rings is 1. The molecule has 9 heteroatoms. The maximum absolute atomic E-state index is 12.2. The monoisotopic (exact) mass is 389 g/mol. The van der Waals surface area contributed by atoms with Crippen LogP contribution < -0.4 is 15.8 Å². The van der Waals surface area contributed by atoms with Gasteiger partial charge in [0.15, 0.2) is 5.82 Å². The van der Waals surface area contributed by atoms with Crippen molar-refractivity contribution in [3.05, 3.63) is 18.2 Å². The van der Waals surface area contributed by atoms with Gasteiger partial charge in [0.1, 0.15) is 12.4 Å². The fourth-order valence-electron chi connectivity index (χ4n) is 2.55. The quantitative estimate of drug-likeness (QED) is 0.703. The van der Waals surface area contributed by atoms with Gasteiger partial charge in [-0.05, 0) is 45.5 Å². The van der Waals surface area contributed by atoms with Gasteiger partial charge in [-0.3, -0.25) is 9.89 Å². The first-order valence-corrected chi connectivity index (χ1v) is 7.84. The van der Waals surface area contributed by atoms with Crippen molar-refractivity contribution in [2.75, 3.05) is 32.6 Å². The smallest absolute Gasteiger partial charge is 0.245 e. The van der Waals surface area contributed by atoms with Gasteiger partial charge in [0, 0.05) is 18.0 Å². The lowest BCUT2D eigenvalue weighted by atomic mass is 9.77. The van der Waals surface area contributed by atoms with Crippen molar-refractivity contribution in [2.45, 2.75) is 24.8 Å². The van der Waals surface area contributed by atoms with Crippen molar-refractivity contribution in [1.82, 2.24) is 15.1 Å². The number of nitrogens with two attached hydrogens (primary N) is 1. The van der Waals surface area contributed by atoms with Crippen LogP contribution in [0.4, 0.5) is 5.82 Å². The van der Waals surface area contributed by atoms with E-state index in [4.69, 9.17) is 10.5 Å². The maximum Gasteiger partial charge on any atom is 0.245 e. The summed E-state index contributed by atoms with van der Waals surface area (Å²) in [6, 6.07) is 5.66. The van der Waals surface area contributed by atoms with E-state index < -0.39 is 5.54 Å². The lowest BCUT2D eigenvalue weighted by Crippen LogP contribution is -2.56. The maximum atomic E-state index is 12.2. The molecule has 1 amide bonds. The molecule has 7 nitrogen and oxygen atoms in total. The summed E-state index contributed by atoms with van der Waals surface area (Å²) < 4.78 is 5.70. The summed E-state index contributed by atoms with van der Waals surface area (Å²) in [6.45, 7) is 1.47. The Bertz CT molecular complexity index is 716. The minimum Gasteiger partial charge on any atom is -0.492 e. The molecule has 0 unspecified atom stereocenters. The number of ether oxygens (including phenoxy) is 1. The number of likely N-dealkylation sites (N-methyl/N-ethyl adjacent to an activating group) is 1. The number of hydrogen-bond donors (Lipinski definition) is 3. The molecular formula is C16H25Cl2N5O2. The predicted octanol–water partition coefficient (Wildman–Crippen LogP) is 2.17. The molecule has 0 aliphatic heterocycles. The van der Waals surface area contributed by atoms with Crippen LogP contribution in [0.2, 0.25) is 0 Å². The van der Waals surface area contributed by atoms with Crippen LogP contribution in [0.3, 0.4) is 0 Å². The number of hydrogen-bond acceptors (Lipinski definition) is 5. The van der Waals surface area contributed by atoms with Gasteiger partial charge in [-0.2, -0.15) is 5.10 Å². The summed E-state index contributed by atoms with van der Waals surface area (Å²) in [4.78, 5) is 14.3. The Morgan fingerprint density at radius 2 is 2.12 bits per heavy atom. The largest absolute Gasteiger partial charge is 0.492 e. The zero-order chi connectivity index (χ0) is 16.4. The molecule has 1 aromatic carbocycles. The first-order chi connectivity index (χ1) is 11.0. The highest BCUT2D eigenvalue weighted by Gasteiger charge is 2.40. The minimum atomic E-state index is -0.736. The summed E-state index contributed by atoms with van der Waals surface area (Å²) in [7, 11) is 4.01. The molecule has 0 radical (unpaired) electrons. The number of anilines is 1. The third-order valence-corrected chi connectivity index (χ3v) is 4.27. The summed E-state index contributed by atoms with van der Waals surface area (Å²) in [6.07, 6.45) is 2.45. The highest BCUT2D eigenvalue weighted by molar-refractivity contribution is 6.04. The number of halogens is 2. The minimum absolute atomic E-state index is 0. The van der Waals surface area contributed by atoms with Crippen LogP contribution in [0.1, 0.15) is 19.3 Å². The standard InChI is InChI=1S/C16H23N5O2.2ClH/c1-21(2)8-9-23-11-4-5-12-13(10-11)19-20-14(12)18-15(22)16(17)6-3-7-16;;/h4-5,10H,3,6-9,17H2,1-2H3,(H2,18,19,20,22);2*1H. The molecule has 4 N–H and O–H groups in total. The number of aromatic nitrogens is 2. The number of amides is 1. The number of rotatable bonds is 6. The Morgan fingerprint density at radius 1 is 1.40 bits per heavy atom. The van der Waals surface area contributed by atoms with E-state index >= 15 is 0 Å². The molecule has 1 heterocycles. The molecule has 1 aliphatic carbocycles. The second-order valence-corrected chi connectivity index (χ2v) is 6.40. The Hall–Kier alpha value is -1.54. The molecule has 3 rings (SSSR count). The predicted molar refractivity (Wildman–Crippen MR) is 104 cm³/mol. The van der Waals surface area contributed by atoms with E-state index in [1.165, 1.54) is 0 Å². The fraction of sp³-hybridized carbons (Fsp3) is 0.500. The molecular weight excluding hydrogens is 365 g/mol. The molecule has 0 spiro atoms.